The lowest BCUT2D eigenvalue weighted by molar-refractivity contribution is -0.0178. The van der Waals surface area contributed by atoms with E-state index in [4.69, 9.17) is 5.11 Å². The lowest BCUT2D eigenvalue weighted by atomic mass is 10.1. The Morgan fingerprint density at radius 2 is 1.67 bits per heavy atom. The van der Waals surface area contributed by atoms with E-state index in [1.165, 1.54) is 0 Å². The minimum absolute atomic E-state index is 0.0637. The third-order valence-electron chi connectivity index (χ3n) is 1.62. The number of nitrogens with zero attached hydrogens (tertiary/aromatic N) is 1. The van der Waals surface area contributed by atoms with Gasteiger partial charge in [-0.3, -0.25) is 4.90 Å². The summed E-state index contributed by atoms with van der Waals surface area (Å²) in [6, 6.07) is 0. The molecule has 0 aliphatic heterocycles. The molecular weight excluding hydrogens is 114 g/mol. The van der Waals surface area contributed by atoms with Crippen molar-refractivity contribution >= 4 is 0 Å². The van der Waals surface area contributed by atoms with Gasteiger partial charge in [-0.1, -0.05) is 0 Å². The fraction of sp³-hybridized carbons (Fsp3) is 1.00. The second kappa shape index (κ2) is 2.67. The van der Waals surface area contributed by atoms with Crippen molar-refractivity contribution in [3.63, 3.8) is 0 Å². The lowest BCUT2D eigenvalue weighted by Gasteiger charge is -2.33. The first-order valence-corrected chi connectivity index (χ1v) is 3.26. The van der Waals surface area contributed by atoms with Crippen molar-refractivity contribution in [1.29, 1.82) is 0 Å². The first-order chi connectivity index (χ1) is 3.85. The van der Waals surface area contributed by atoms with Crippen LogP contribution in [0.1, 0.15) is 27.7 Å². The third-order valence-corrected chi connectivity index (χ3v) is 1.62. The standard InChI is InChI=1S/C7H17NO/c1-6(9)8(5)7(2,3)4/h6,9H,1-5H3. The minimum atomic E-state index is -0.356. The highest BCUT2D eigenvalue weighted by Crippen LogP contribution is 2.11. The average Bonchev–Trinajstić information content (AvgIpc) is 1.62. The normalized spacial score (nSPS) is 16.3. The van der Waals surface area contributed by atoms with Crippen molar-refractivity contribution in [2.45, 2.75) is 39.5 Å². The van der Waals surface area contributed by atoms with Crippen molar-refractivity contribution in [1.82, 2.24) is 4.90 Å². The van der Waals surface area contributed by atoms with Gasteiger partial charge in [-0.15, -0.1) is 0 Å². The van der Waals surface area contributed by atoms with Crippen LogP contribution in [0.3, 0.4) is 0 Å². The van der Waals surface area contributed by atoms with Crippen molar-refractivity contribution in [3.8, 4) is 0 Å². The minimum Gasteiger partial charge on any atom is -0.379 e. The highest BCUT2D eigenvalue weighted by Gasteiger charge is 2.19. The summed E-state index contributed by atoms with van der Waals surface area (Å²) in [7, 11) is 1.91. The molecular formula is C7H17NO. The number of aliphatic hydroxyl groups excluding tert-OH is 1. The van der Waals surface area contributed by atoms with Gasteiger partial charge >= 0.3 is 0 Å². The molecule has 2 heteroatoms. The van der Waals surface area contributed by atoms with Crippen molar-refractivity contribution in [2.24, 2.45) is 0 Å². The van der Waals surface area contributed by atoms with Gasteiger partial charge in [0.1, 0.15) is 6.23 Å². The molecule has 0 aromatic heterocycles. The van der Waals surface area contributed by atoms with E-state index in [2.05, 4.69) is 20.8 Å². The van der Waals surface area contributed by atoms with Crippen LogP contribution < -0.4 is 0 Å². The molecule has 1 atom stereocenters. The molecule has 1 N–H and O–H groups in total. The fourth-order valence-electron chi connectivity index (χ4n) is 0.561. The van der Waals surface area contributed by atoms with Gasteiger partial charge in [0.05, 0.1) is 0 Å². The first kappa shape index (κ1) is 8.92. The van der Waals surface area contributed by atoms with Crippen molar-refractivity contribution < 1.29 is 5.11 Å². The summed E-state index contributed by atoms with van der Waals surface area (Å²) in [4.78, 5) is 1.91. The Hall–Kier alpha value is -0.0800. The van der Waals surface area contributed by atoms with Gasteiger partial charge in [0.25, 0.3) is 0 Å². The van der Waals surface area contributed by atoms with Gasteiger partial charge < -0.3 is 5.11 Å². The van der Waals surface area contributed by atoms with Gasteiger partial charge in [-0.2, -0.15) is 0 Å². The molecule has 0 aromatic carbocycles. The van der Waals surface area contributed by atoms with Gasteiger partial charge in [0.2, 0.25) is 0 Å². The molecule has 9 heavy (non-hydrogen) atoms. The molecule has 0 rings (SSSR count). The van der Waals surface area contributed by atoms with Crippen LogP contribution in [0.2, 0.25) is 0 Å². The van der Waals surface area contributed by atoms with Crippen LogP contribution in [0, 0.1) is 0 Å². The molecule has 2 nitrogen and oxygen atoms in total. The molecule has 0 radical (unpaired) electrons. The quantitative estimate of drug-likeness (QED) is 0.538. The second-order valence-corrected chi connectivity index (χ2v) is 3.41. The summed E-state index contributed by atoms with van der Waals surface area (Å²) in [5.41, 5.74) is 0.0637. The molecule has 56 valence electrons. The molecule has 0 aliphatic rings. The van der Waals surface area contributed by atoms with Crippen molar-refractivity contribution in [2.75, 3.05) is 7.05 Å². The van der Waals surface area contributed by atoms with E-state index in [-0.39, 0.29) is 11.8 Å². The molecule has 1 unspecified atom stereocenters. The maximum Gasteiger partial charge on any atom is 0.104 e. The predicted octanol–water partition coefficient (Wildman–Crippen LogP) is 1.05. The van der Waals surface area contributed by atoms with E-state index in [9.17, 15) is 0 Å². The van der Waals surface area contributed by atoms with Gasteiger partial charge in [-0.05, 0) is 34.7 Å². The van der Waals surface area contributed by atoms with Crippen LogP contribution in [0.15, 0.2) is 0 Å². The highest BCUT2D eigenvalue weighted by molar-refractivity contribution is 4.72. The Morgan fingerprint density at radius 1 is 1.33 bits per heavy atom. The maximum atomic E-state index is 9.08. The third kappa shape index (κ3) is 2.82. The van der Waals surface area contributed by atoms with E-state index < -0.39 is 0 Å². The summed E-state index contributed by atoms with van der Waals surface area (Å²) in [5, 5.41) is 9.08. The Labute approximate surface area is 57.5 Å². The topological polar surface area (TPSA) is 23.5 Å². The zero-order chi connectivity index (χ0) is 7.65. The molecule has 0 bridgehead atoms. The van der Waals surface area contributed by atoms with Crippen LogP contribution in [0.5, 0.6) is 0 Å². The molecule has 0 aromatic rings. The van der Waals surface area contributed by atoms with Crippen molar-refractivity contribution in [3.05, 3.63) is 0 Å². The lowest BCUT2D eigenvalue weighted by Crippen LogP contribution is -2.43. The number of rotatable bonds is 1. The van der Waals surface area contributed by atoms with E-state index in [1.807, 2.05) is 11.9 Å². The van der Waals surface area contributed by atoms with E-state index in [0.717, 1.165) is 0 Å². The highest BCUT2D eigenvalue weighted by atomic mass is 16.3. The van der Waals surface area contributed by atoms with Gasteiger partial charge in [0.15, 0.2) is 0 Å². The first-order valence-electron chi connectivity index (χ1n) is 3.26. The zero-order valence-corrected chi connectivity index (χ0v) is 6.97. The van der Waals surface area contributed by atoms with Crippen LogP contribution in [-0.4, -0.2) is 28.8 Å². The summed E-state index contributed by atoms with van der Waals surface area (Å²) < 4.78 is 0. The Balaban J connectivity index is 3.88. The summed E-state index contributed by atoms with van der Waals surface area (Å²) >= 11 is 0. The van der Waals surface area contributed by atoms with Crippen LogP contribution in [-0.2, 0) is 0 Å². The number of hydrogen-bond acceptors (Lipinski definition) is 2. The maximum absolute atomic E-state index is 9.08. The molecule has 0 saturated heterocycles. The van der Waals surface area contributed by atoms with Gasteiger partial charge in [0, 0.05) is 5.54 Å². The Morgan fingerprint density at radius 3 is 1.67 bits per heavy atom. The molecule has 0 heterocycles. The number of hydrogen-bond donors (Lipinski definition) is 1. The van der Waals surface area contributed by atoms with Crippen LogP contribution in [0.4, 0.5) is 0 Å². The largest absolute Gasteiger partial charge is 0.379 e. The zero-order valence-electron chi connectivity index (χ0n) is 6.97. The molecule has 0 amide bonds. The SMILES string of the molecule is CC(O)N(C)C(C)(C)C. The summed E-state index contributed by atoms with van der Waals surface area (Å²) in [6.45, 7) is 7.98. The second-order valence-electron chi connectivity index (χ2n) is 3.41. The molecule has 0 aliphatic carbocycles. The van der Waals surface area contributed by atoms with E-state index in [1.54, 1.807) is 6.92 Å². The predicted molar refractivity (Wildman–Crippen MR) is 39.2 cm³/mol. The Bertz CT molecular complexity index is 83.4. The summed E-state index contributed by atoms with van der Waals surface area (Å²) in [6.07, 6.45) is -0.356. The molecule has 0 saturated carbocycles. The number of aliphatic hydroxyl groups is 1. The van der Waals surface area contributed by atoms with E-state index in [0.29, 0.717) is 0 Å². The van der Waals surface area contributed by atoms with Crippen LogP contribution >= 0.6 is 0 Å². The van der Waals surface area contributed by atoms with Gasteiger partial charge in [-0.25, -0.2) is 0 Å². The monoisotopic (exact) mass is 131 g/mol. The summed E-state index contributed by atoms with van der Waals surface area (Å²) in [5.74, 6) is 0. The van der Waals surface area contributed by atoms with E-state index >= 15 is 0 Å². The Kier molecular flexibility index (Phi) is 2.65. The molecule has 0 fully saturated rings. The fourth-order valence-corrected chi connectivity index (χ4v) is 0.561. The smallest absolute Gasteiger partial charge is 0.104 e. The molecule has 0 spiro atoms. The van der Waals surface area contributed by atoms with Crippen LogP contribution in [0.25, 0.3) is 0 Å². The average molecular weight is 131 g/mol.